The summed E-state index contributed by atoms with van der Waals surface area (Å²) < 4.78 is 11.8. The minimum absolute atomic E-state index is 0.149. The van der Waals surface area contributed by atoms with Gasteiger partial charge in [-0.15, -0.1) is 0 Å². The van der Waals surface area contributed by atoms with Gasteiger partial charge in [0, 0.05) is 46.6 Å². The number of carbonyl (C=O) groups is 1. The number of carbonyl (C=O) groups excluding carboxylic acids is 1. The van der Waals surface area contributed by atoms with E-state index in [2.05, 4.69) is 10.3 Å². The summed E-state index contributed by atoms with van der Waals surface area (Å²) in [5.74, 6) is 0.915. The van der Waals surface area contributed by atoms with Gasteiger partial charge in [0.2, 0.25) is 5.91 Å². The number of hydrogen-bond acceptors (Lipinski definition) is 6. The van der Waals surface area contributed by atoms with Crippen molar-refractivity contribution in [3.8, 4) is 22.9 Å². The highest BCUT2D eigenvalue weighted by Gasteiger charge is 2.18. The fraction of sp³-hybridized carbons (Fsp3) is 0.261. The maximum atomic E-state index is 13.2. The highest BCUT2D eigenvalue weighted by atomic mass is 35.5. The number of rotatable bonds is 8. The highest BCUT2D eigenvalue weighted by molar-refractivity contribution is 6.30. The second-order valence-corrected chi connectivity index (χ2v) is 7.43. The van der Waals surface area contributed by atoms with Crippen LogP contribution in [0.3, 0.4) is 0 Å². The van der Waals surface area contributed by atoms with Crippen LogP contribution >= 0.6 is 11.6 Å². The molecule has 1 amide bonds. The van der Waals surface area contributed by atoms with E-state index in [-0.39, 0.29) is 25.1 Å². The first-order chi connectivity index (χ1) is 15.4. The van der Waals surface area contributed by atoms with Gasteiger partial charge in [0.25, 0.3) is 5.56 Å². The molecule has 0 bridgehead atoms. The van der Waals surface area contributed by atoms with Crippen molar-refractivity contribution in [2.45, 2.75) is 19.9 Å². The van der Waals surface area contributed by atoms with Gasteiger partial charge >= 0.3 is 0 Å². The summed E-state index contributed by atoms with van der Waals surface area (Å²) in [7, 11) is 3.03. The van der Waals surface area contributed by atoms with Crippen molar-refractivity contribution in [3.05, 3.63) is 69.1 Å². The molecule has 8 nitrogen and oxygen atoms in total. The number of benzene rings is 2. The lowest BCUT2D eigenvalue weighted by atomic mass is 10.1. The first-order valence-corrected chi connectivity index (χ1v) is 10.2. The number of nitrogens with one attached hydrogen (secondary N) is 1. The molecule has 0 unspecified atom stereocenters. The second-order valence-electron chi connectivity index (χ2n) is 6.99. The zero-order valence-corrected chi connectivity index (χ0v) is 18.8. The normalized spacial score (nSPS) is 10.7. The fourth-order valence-electron chi connectivity index (χ4n) is 3.32. The summed E-state index contributed by atoms with van der Waals surface area (Å²) >= 11 is 5.99. The third-order valence-electron chi connectivity index (χ3n) is 4.90. The van der Waals surface area contributed by atoms with Crippen molar-refractivity contribution in [1.29, 1.82) is 0 Å². The largest absolute Gasteiger partial charge is 0.493 e. The van der Waals surface area contributed by atoms with Gasteiger partial charge in [-0.3, -0.25) is 14.2 Å². The molecule has 1 heterocycles. The van der Waals surface area contributed by atoms with E-state index in [0.717, 1.165) is 0 Å². The lowest BCUT2D eigenvalue weighted by Crippen LogP contribution is -2.33. The summed E-state index contributed by atoms with van der Waals surface area (Å²) in [4.78, 5) is 30.6. The maximum Gasteiger partial charge on any atom is 0.257 e. The highest BCUT2D eigenvalue weighted by Crippen LogP contribution is 2.29. The number of aryl methyl sites for hydroxylation is 1. The van der Waals surface area contributed by atoms with E-state index in [9.17, 15) is 14.7 Å². The summed E-state index contributed by atoms with van der Waals surface area (Å²) in [6, 6.07) is 11.8. The number of anilines is 1. The van der Waals surface area contributed by atoms with Crippen LogP contribution in [0.2, 0.25) is 5.02 Å². The number of methoxy groups -OCH3 is 2. The molecule has 0 saturated carbocycles. The average molecular weight is 458 g/mol. The molecule has 3 aromatic rings. The first-order valence-electron chi connectivity index (χ1n) is 9.87. The molecule has 9 heteroatoms. The molecular weight excluding hydrogens is 434 g/mol. The Hall–Kier alpha value is -3.36. The van der Waals surface area contributed by atoms with Crippen molar-refractivity contribution in [1.82, 2.24) is 9.55 Å². The first kappa shape index (κ1) is 23.3. The van der Waals surface area contributed by atoms with E-state index >= 15 is 0 Å². The van der Waals surface area contributed by atoms with Gasteiger partial charge in [0.15, 0.2) is 11.5 Å². The molecule has 0 spiro atoms. The molecule has 0 aliphatic carbocycles. The van der Waals surface area contributed by atoms with E-state index in [0.29, 0.717) is 44.9 Å². The molecule has 0 saturated heterocycles. The topological polar surface area (TPSA) is 103 Å². The molecule has 168 valence electrons. The van der Waals surface area contributed by atoms with Crippen LogP contribution < -0.4 is 20.3 Å². The van der Waals surface area contributed by atoms with Gasteiger partial charge in [-0.05, 0) is 43.3 Å². The summed E-state index contributed by atoms with van der Waals surface area (Å²) in [6.45, 7) is 1.24. The van der Waals surface area contributed by atoms with Gasteiger partial charge in [-0.2, -0.15) is 0 Å². The second kappa shape index (κ2) is 10.3. The average Bonchev–Trinajstić information content (AvgIpc) is 2.78. The summed E-state index contributed by atoms with van der Waals surface area (Å²) in [5.41, 5.74) is 1.63. The Morgan fingerprint density at radius 3 is 2.44 bits per heavy atom. The third-order valence-corrected chi connectivity index (χ3v) is 5.15. The fourth-order valence-corrected chi connectivity index (χ4v) is 3.45. The summed E-state index contributed by atoms with van der Waals surface area (Å²) in [5, 5.41) is 12.7. The minimum Gasteiger partial charge on any atom is -0.493 e. The van der Waals surface area contributed by atoms with Gasteiger partial charge in [-0.1, -0.05) is 11.6 Å². The number of ether oxygens (including phenoxy) is 2. The van der Waals surface area contributed by atoms with Crippen LogP contribution in [-0.4, -0.2) is 41.4 Å². The van der Waals surface area contributed by atoms with Gasteiger partial charge in [-0.25, -0.2) is 4.98 Å². The molecule has 0 radical (unpaired) electrons. The van der Waals surface area contributed by atoms with E-state index in [1.54, 1.807) is 49.4 Å². The predicted octanol–water partition coefficient (Wildman–Crippen LogP) is 3.06. The van der Waals surface area contributed by atoms with Gasteiger partial charge < -0.3 is 19.9 Å². The number of halogens is 1. The standard InChI is InChI=1S/C23H24ClN3O5/c1-14-18(10-11-28)23(30)27(22(25-14)15-4-6-16(24)7-5-15)13-21(29)26-17-8-9-19(31-2)20(12-17)32-3/h4-9,12,28H,10-11,13H2,1-3H3,(H,26,29). The number of aromatic nitrogens is 2. The zero-order valence-electron chi connectivity index (χ0n) is 18.0. The van der Waals surface area contributed by atoms with Crippen LogP contribution in [0.25, 0.3) is 11.4 Å². The molecule has 0 atom stereocenters. The molecule has 3 rings (SSSR count). The van der Waals surface area contributed by atoms with Crippen LogP contribution in [0.5, 0.6) is 11.5 Å². The molecule has 1 aromatic heterocycles. The zero-order chi connectivity index (χ0) is 23.3. The lowest BCUT2D eigenvalue weighted by Gasteiger charge is -2.16. The molecule has 2 N–H and O–H groups in total. The van der Waals surface area contributed by atoms with Crippen molar-refractivity contribution in [2.75, 3.05) is 26.1 Å². The lowest BCUT2D eigenvalue weighted by molar-refractivity contribution is -0.116. The van der Waals surface area contributed by atoms with Crippen molar-refractivity contribution < 1.29 is 19.4 Å². The van der Waals surface area contributed by atoms with Crippen molar-refractivity contribution >= 4 is 23.2 Å². The number of amides is 1. The molecule has 0 fully saturated rings. The van der Waals surface area contributed by atoms with Crippen LogP contribution in [0.1, 0.15) is 11.3 Å². The monoisotopic (exact) mass is 457 g/mol. The Labute approximate surface area is 190 Å². The van der Waals surface area contributed by atoms with E-state index in [1.807, 2.05) is 0 Å². The van der Waals surface area contributed by atoms with E-state index in [1.165, 1.54) is 18.8 Å². The van der Waals surface area contributed by atoms with Crippen LogP contribution in [0.4, 0.5) is 5.69 Å². The SMILES string of the molecule is COc1ccc(NC(=O)Cn2c(-c3ccc(Cl)cc3)nc(C)c(CCO)c2=O)cc1OC. The van der Waals surface area contributed by atoms with Crippen LogP contribution in [0.15, 0.2) is 47.3 Å². The maximum absolute atomic E-state index is 13.2. The van der Waals surface area contributed by atoms with Crippen LogP contribution in [0, 0.1) is 6.92 Å². The third kappa shape index (κ3) is 5.09. The molecule has 2 aromatic carbocycles. The number of aliphatic hydroxyl groups excluding tert-OH is 1. The van der Waals surface area contributed by atoms with Crippen LogP contribution in [-0.2, 0) is 17.8 Å². The van der Waals surface area contributed by atoms with Crippen molar-refractivity contribution in [3.63, 3.8) is 0 Å². The van der Waals surface area contributed by atoms with Crippen molar-refractivity contribution in [2.24, 2.45) is 0 Å². The Morgan fingerprint density at radius 1 is 1.12 bits per heavy atom. The van der Waals surface area contributed by atoms with Gasteiger partial charge in [0.1, 0.15) is 12.4 Å². The van der Waals surface area contributed by atoms with E-state index < -0.39 is 5.91 Å². The smallest absolute Gasteiger partial charge is 0.257 e. The Kier molecular flexibility index (Phi) is 7.50. The Bertz CT molecular complexity index is 1180. The van der Waals surface area contributed by atoms with E-state index in [4.69, 9.17) is 21.1 Å². The number of hydrogen-bond donors (Lipinski definition) is 2. The number of nitrogens with zero attached hydrogens (tertiary/aromatic N) is 2. The minimum atomic E-state index is -0.421. The Balaban J connectivity index is 1.98. The quantitative estimate of drug-likeness (QED) is 0.539. The molecule has 0 aliphatic heterocycles. The Morgan fingerprint density at radius 2 is 1.81 bits per heavy atom. The molecule has 0 aliphatic rings. The van der Waals surface area contributed by atoms with Gasteiger partial charge in [0.05, 0.1) is 14.2 Å². The summed E-state index contributed by atoms with van der Waals surface area (Å²) in [6.07, 6.45) is 0.149. The predicted molar refractivity (Wildman–Crippen MR) is 123 cm³/mol. The molecular formula is C23H24ClN3O5. The number of aliphatic hydroxyl groups is 1. The molecule has 32 heavy (non-hydrogen) atoms.